The smallest absolute Gasteiger partial charge is 0.341 e. The van der Waals surface area contributed by atoms with Gasteiger partial charge in [-0.15, -0.1) is 0 Å². The van der Waals surface area contributed by atoms with Crippen LogP contribution in [0.2, 0.25) is 0 Å². The van der Waals surface area contributed by atoms with Crippen LogP contribution in [-0.4, -0.2) is 26.9 Å². The molecule has 0 saturated heterocycles. The molecule has 0 aliphatic heterocycles. The number of pyridine rings is 1. The number of carbonyl (C=O) groups is 1. The van der Waals surface area contributed by atoms with Crippen molar-refractivity contribution in [3.63, 3.8) is 0 Å². The second-order valence-corrected chi connectivity index (χ2v) is 6.13. The lowest BCUT2D eigenvalue weighted by Crippen LogP contribution is -2.23. The van der Waals surface area contributed by atoms with E-state index in [0.29, 0.717) is 12.2 Å². The zero-order valence-electron chi connectivity index (χ0n) is 14.5. The van der Waals surface area contributed by atoms with Gasteiger partial charge in [0.05, 0.1) is 12.3 Å². The number of para-hydroxylation sites is 1. The van der Waals surface area contributed by atoms with Gasteiger partial charge in [-0.2, -0.15) is 0 Å². The molecule has 6 nitrogen and oxygen atoms in total. The van der Waals surface area contributed by atoms with Crippen LogP contribution in [0, 0.1) is 0 Å². The van der Waals surface area contributed by atoms with Gasteiger partial charge in [-0.1, -0.05) is 48.5 Å². The molecule has 0 radical (unpaired) electrons. The molecule has 2 N–H and O–H groups in total. The predicted octanol–water partition coefficient (Wildman–Crippen LogP) is 2.94. The van der Waals surface area contributed by atoms with E-state index in [2.05, 4.69) is 0 Å². The standard InChI is InChI=1S/C21H19NO5/c23-16(11-15-7-3-1-4-8-15)12-22-13-18(21(25)26)20(24)19(14-22)27-17-9-5-2-6-10-17/h1-10,13-14,16,23H,11-12H2,(H,25,26)/t16-/m1/s1. The molecule has 1 atom stereocenters. The number of aliphatic hydroxyl groups is 1. The molecule has 0 bridgehead atoms. The minimum atomic E-state index is -1.34. The fourth-order valence-electron chi connectivity index (χ4n) is 2.74. The van der Waals surface area contributed by atoms with E-state index in [1.807, 2.05) is 30.3 Å². The molecule has 138 valence electrons. The van der Waals surface area contributed by atoms with Crippen LogP contribution in [-0.2, 0) is 13.0 Å². The van der Waals surface area contributed by atoms with Crippen LogP contribution in [0.3, 0.4) is 0 Å². The molecule has 1 heterocycles. The molecule has 6 heteroatoms. The summed E-state index contributed by atoms with van der Waals surface area (Å²) in [5.41, 5.74) is -0.152. The molecule has 1 aromatic heterocycles. The Bertz CT molecular complexity index is 967. The Morgan fingerprint density at radius 3 is 2.26 bits per heavy atom. The maximum atomic E-state index is 12.4. The van der Waals surface area contributed by atoms with Gasteiger partial charge in [-0.3, -0.25) is 4.79 Å². The summed E-state index contributed by atoms with van der Waals surface area (Å²) in [6.07, 6.45) is 2.29. The summed E-state index contributed by atoms with van der Waals surface area (Å²) in [7, 11) is 0. The summed E-state index contributed by atoms with van der Waals surface area (Å²) in [5.74, 6) is -1.02. The second-order valence-electron chi connectivity index (χ2n) is 6.13. The summed E-state index contributed by atoms with van der Waals surface area (Å²) in [5, 5.41) is 19.7. The molecule has 0 spiro atoms. The van der Waals surface area contributed by atoms with E-state index in [4.69, 9.17) is 4.74 Å². The molecule has 3 aromatic rings. The van der Waals surface area contributed by atoms with Crippen molar-refractivity contribution in [3.05, 3.63) is 94.4 Å². The summed E-state index contributed by atoms with van der Waals surface area (Å²) in [6.45, 7) is 0.126. The van der Waals surface area contributed by atoms with E-state index >= 15 is 0 Å². The number of aliphatic hydroxyl groups excluding tert-OH is 1. The van der Waals surface area contributed by atoms with Gasteiger partial charge < -0.3 is 19.5 Å². The van der Waals surface area contributed by atoms with Crippen molar-refractivity contribution < 1.29 is 19.7 Å². The maximum Gasteiger partial charge on any atom is 0.341 e. The van der Waals surface area contributed by atoms with Crippen molar-refractivity contribution in [1.82, 2.24) is 4.57 Å². The van der Waals surface area contributed by atoms with Crippen LogP contribution in [0.25, 0.3) is 0 Å². The number of nitrogens with zero attached hydrogens (tertiary/aromatic N) is 1. The topological polar surface area (TPSA) is 88.8 Å². The fraction of sp³-hybridized carbons (Fsp3) is 0.143. The lowest BCUT2D eigenvalue weighted by molar-refractivity contribution is 0.0693. The average Bonchev–Trinajstić information content (AvgIpc) is 2.65. The highest BCUT2D eigenvalue weighted by atomic mass is 16.5. The van der Waals surface area contributed by atoms with Crippen molar-refractivity contribution in [2.24, 2.45) is 0 Å². The highest BCUT2D eigenvalue weighted by Crippen LogP contribution is 2.18. The van der Waals surface area contributed by atoms with Crippen molar-refractivity contribution in [2.45, 2.75) is 19.1 Å². The monoisotopic (exact) mass is 365 g/mol. The van der Waals surface area contributed by atoms with Crippen LogP contribution in [0.5, 0.6) is 11.5 Å². The largest absolute Gasteiger partial charge is 0.477 e. The average molecular weight is 365 g/mol. The Morgan fingerprint density at radius 1 is 1.00 bits per heavy atom. The highest BCUT2D eigenvalue weighted by molar-refractivity contribution is 5.87. The Kier molecular flexibility index (Phi) is 5.68. The number of benzene rings is 2. The molecular formula is C21H19NO5. The molecule has 0 aliphatic rings. The number of ether oxygens (including phenoxy) is 1. The number of aromatic nitrogens is 1. The van der Waals surface area contributed by atoms with Crippen molar-refractivity contribution in [2.75, 3.05) is 0 Å². The highest BCUT2D eigenvalue weighted by Gasteiger charge is 2.17. The third-order valence-corrected chi connectivity index (χ3v) is 3.98. The van der Waals surface area contributed by atoms with Crippen molar-refractivity contribution >= 4 is 5.97 Å². The number of rotatable bonds is 7. The molecule has 0 unspecified atom stereocenters. The van der Waals surface area contributed by atoms with Gasteiger partial charge in [-0.25, -0.2) is 4.79 Å². The zero-order valence-corrected chi connectivity index (χ0v) is 14.5. The van der Waals surface area contributed by atoms with Crippen LogP contribution < -0.4 is 10.2 Å². The summed E-state index contributed by atoms with van der Waals surface area (Å²) in [4.78, 5) is 23.8. The number of hydrogen-bond donors (Lipinski definition) is 2. The summed E-state index contributed by atoms with van der Waals surface area (Å²) >= 11 is 0. The minimum absolute atomic E-state index is 0.104. The summed E-state index contributed by atoms with van der Waals surface area (Å²) in [6, 6.07) is 18.1. The van der Waals surface area contributed by atoms with Crippen molar-refractivity contribution in [1.29, 1.82) is 0 Å². The van der Waals surface area contributed by atoms with Gasteiger partial charge in [0.25, 0.3) is 0 Å². The third kappa shape index (κ3) is 4.83. The first-order valence-corrected chi connectivity index (χ1v) is 8.45. The first-order valence-electron chi connectivity index (χ1n) is 8.45. The Hall–Kier alpha value is -3.38. The number of hydrogen-bond acceptors (Lipinski definition) is 4. The molecule has 0 aliphatic carbocycles. The quantitative estimate of drug-likeness (QED) is 0.672. The minimum Gasteiger partial charge on any atom is -0.477 e. The van der Waals surface area contributed by atoms with E-state index in [1.54, 1.807) is 30.3 Å². The van der Waals surface area contributed by atoms with Gasteiger partial charge in [-0.05, 0) is 17.7 Å². The number of carboxylic acid groups (broad SMARTS) is 1. The maximum absolute atomic E-state index is 12.4. The van der Waals surface area contributed by atoms with E-state index in [1.165, 1.54) is 17.0 Å². The molecule has 27 heavy (non-hydrogen) atoms. The fourth-order valence-corrected chi connectivity index (χ4v) is 2.74. The molecule has 3 rings (SSSR count). The Labute approximate surface area is 155 Å². The molecule has 0 fully saturated rings. The number of aromatic carboxylic acids is 1. The van der Waals surface area contributed by atoms with E-state index in [9.17, 15) is 19.8 Å². The summed E-state index contributed by atoms with van der Waals surface area (Å²) < 4.78 is 7.03. The van der Waals surface area contributed by atoms with Crippen LogP contribution in [0.4, 0.5) is 0 Å². The predicted molar refractivity (Wildman–Crippen MR) is 100 cm³/mol. The first-order chi connectivity index (χ1) is 13.0. The third-order valence-electron chi connectivity index (χ3n) is 3.98. The SMILES string of the molecule is O=C(O)c1cn(C[C@H](O)Cc2ccccc2)cc(Oc2ccccc2)c1=O. The lowest BCUT2D eigenvalue weighted by atomic mass is 10.1. The second kappa shape index (κ2) is 8.33. The van der Waals surface area contributed by atoms with Crippen LogP contribution in [0.1, 0.15) is 15.9 Å². The van der Waals surface area contributed by atoms with E-state index in [0.717, 1.165) is 5.56 Å². The van der Waals surface area contributed by atoms with Gasteiger partial charge in [0.1, 0.15) is 11.3 Å². The van der Waals surface area contributed by atoms with Crippen molar-refractivity contribution in [3.8, 4) is 11.5 Å². The molecule has 0 saturated carbocycles. The van der Waals surface area contributed by atoms with E-state index in [-0.39, 0.29) is 12.3 Å². The zero-order chi connectivity index (χ0) is 19.2. The van der Waals surface area contributed by atoms with Crippen LogP contribution in [0.15, 0.2) is 77.9 Å². The van der Waals surface area contributed by atoms with Crippen LogP contribution >= 0.6 is 0 Å². The van der Waals surface area contributed by atoms with Gasteiger partial charge >= 0.3 is 5.97 Å². The van der Waals surface area contributed by atoms with Gasteiger partial charge in [0.2, 0.25) is 5.43 Å². The normalized spacial score (nSPS) is 11.7. The van der Waals surface area contributed by atoms with E-state index < -0.39 is 23.1 Å². The molecule has 0 amide bonds. The number of carboxylic acids is 1. The molecular weight excluding hydrogens is 346 g/mol. The first kappa shape index (κ1) is 18.4. The lowest BCUT2D eigenvalue weighted by Gasteiger charge is -2.15. The Morgan fingerprint density at radius 2 is 1.63 bits per heavy atom. The van der Waals surface area contributed by atoms with Gasteiger partial charge in [0.15, 0.2) is 5.75 Å². The Balaban J connectivity index is 1.86. The van der Waals surface area contributed by atoms with Gasteiger partial charge in [0, 0.05) is 19.2 Å². The molecule has 2 aromatic carbocycles.